The van der Waals surface area contributed by atoms with Gasteiger partial charge in [-0.25, -0.2) is 0 Å². The van der Waals surface area contributed by atoms with Crippen LogP contribution >= 0.6 is 0 Å². The highest BCUT2D eigenvalue weighted by Crippen LogP contribution is 2.49. The molecule has 1 fully saturated rings. The van der Waals surface area contributed by atoms with Crippen molar-refractivity contribution in [2.75, 3.05) is 0 Å². The van der Waals surface area contributed by atoms with Crippen LogP contribution in [0.25, 0.3) is 0 Å². The lowest BCUT2D eigenvalue weighted by Crippen LogP contribution is -2.51. The molecule has 3 atom stereocenters. The van der Waals surface area contributed by atoms with Crippen LogP contribution in [0.3, 0.4) is 0 Å². The van der Waals surface area contributed by atoms with Crippen molar-refractivity contribution in [3.8, 4) is 0 Å². The first-order valence-electron chi connectivity index (χ1n) is 5.86. The Labute approximate surface area is 96.8 Å². The highest BCUT2D eigenvalue weighted by Gasteiger charge is 2.59. The Balaban J connectivity index is 2.39. The first-order valence-corrected chi connectivity index (χ1v) is 5.86. The summed E-state index contributed by atoms with van der Waals surface area (Å²) in [5.74, 6) is 0.424. The van der Waals surface area contributed by atoms with Crippen molar-refractivity contribution >= 4 is 5.78 Å². The molecule has 0 aromatic carbocycles. The minimum Gasteiger partial charge on any atom is -0.342 e. The summed E-state index contributed by atoms with van der Waals surface area (Å²) in [6, 6.07) is 0. The van der Waals surface area contributed by atoms with E-state index in [0.717, 1.165) is 5.57 Å². The Morgan fingerprint density at radius 3 is 2.56 bits per heavy atom. The average Bonchev–Trinajstić information content (AvgIpc) is 2.39. The smallest absolute Gasteiger partial charge is 0.162 e. The largest absolute Gasteiger partial charge is 0.342 e. The second-order valence-electron chi connectivity index (χ2n) is 5.58. The lowest BCUT2D eigenvalue weighted by atomic mass is 9.73. The summed E-state index contributed by atoms with van der Waals surface area (Å²) in [5.41, 5.74) is -0.0114. The molecule has 1 saturated heterocycles. The minimum atomic E-state index is -0.516. The van der Waals surface area contributed by atoms with Crippen LogP contribution in [0.4, 0.5) is 0 Å². The van der Waals surface area contributed by atoms with Gasteiger partial charge >= 0.3 is 0 Å². The number of rotatable bonds is 1. The van der Waals surface area contributed by atoms with Crippen LogP contribution < -0.4 is 0 Å². The highest BCUT2D eigenvalue weighted by atomic mass is 16.7. The van der Waals surface area contributed by atoms with Crippen LogP contribution in [0.15, 0.2) is 11.6 Å². The molecule has 3 nitrogen and oxygen atoms in total. The van der Waals surface area contributed by atoms with Gasteiger partial charge in [0.25, 0.3) is 0 Å². The molecular weight excluding hydrogens is 204 g/mol. The van der Waals surface area contributed by atoms with Gasteiger partial charge in [0.1, 0.15) is 11.2 Å². The van der Waals surface area contributed by atoms with E-state index >= 15 is 0 Å². The molecule has 1 aliphatic heterocycles. The third-order valence-electron chi connectivity index (χ3n) is 3.92. The number of fused-ring (bicyclic) bond motifs is 1. The Morgan fingerprint density at radius 2 is 2.00 bits per heavy atom. The maximum atomic E-state index is 11.6. The number of ether oxygens (including phenoxy) is 2. The fraction of sp³-hybridized carbons (Fsp3) is 0.769. The van der Waals surface area contributed by atoms with Gasteiger partial charge in [-0.05, 0) is 32.4 Å². The van der Waals surface area contributed by atoms with Crippen LogP contribution in [0.1, 0.15) is 41.0 Å². The van der Waals surface area contributed by atoms with Crippen molar-refractivity contribution in [2.45, 2.75) is 58.5 Å². The molecule has 1 heterocycles. The molecule has 2 rings (SSSR count). The lowest BCUT2D eigenvalue weighted by molar-refractivity contribution is -0.128. The summed E-state index contributed by atoms with van der Waals surface area (Å²) in [7, 11) is 0. The van der Waals surface area contributed by atoms with E-state index in [1.165, 1.54) is 0 Å². The van der Waals surface area contributed by atoms with Gasteiger partial charge in [0.05, 0.1) is 0 Å². The van der Waals surface area contributed by atoms with Crippen molar-refractivity contribution in [3.63, 3.8) is 0 Å². The van der Waals surface area contributed by atoms with Crippen LogP contribution in [0.2, 0.25) is 0 Å². The van der Waals surface area contributed by atoms with E-state index < -0.39 is 11.2 Å². The zero-order valence-electron chi connectivity index (χ0n) is 10.7. The van der Waals surface area contributed by atoms with Crippen molar-refractivity contribution in [3.05, 3.63) is 11.6 Å². The Hall–Kier alpha value is -0.670. The summed E-state index contributed by atoms with van der Waals surface area (Å²) in [4.78, 5) is 11.6. The lowest BCUT2D eigenvalue weighted by Gasteiger charge is -2.40. The minimum absolute atomic E-state index is 0.130. The SMILES string of the molecule is CC1=CC(=O)C[C@]2(C)O[C@@H](C(C)C)O[C@]12C. The van der Waals surface area contributed by atoms with E-state index in [0.29, 0.717) is 12.3 Å². The molecule has 0 spiro atoms. The zero-order valence-corrected chi connectivity index (χ0v) is 10.7. The van der Waals surface area contributed by atoms with Crippen LogP contribution in [-0.4, -0.2) is 23.3 Å². The third-order valence-corrected chi connectivity index (χ3v) is 3.92. The molecule has 0 radical (unpaired) electrons. The van der Waals surface area contributed by atoms with Crippen LogP contribution in [-0.2, 0) is 14.3 Å². The maximum absolute atomic E-state index is 11.6. The van der Waals surface area contributed by atoms with E-state index in [1.807, 2.05) is 20.8 Å². The van der Waals surface area contributed by atoms with Gasteiger partial charge < -0.3 is 9.47 Å². The molecular formula is C13H20O3. The van der Waals surface area contributed by atoms with Gasteiger partial charge in [-0.15, -0.1) is 0 Å². The van der Waals surface area contributed by atoms with Gasteiger partial charge in [-0.1, -0.05) is 13.8 Å². The van der Waals surface area contributed by atoms with Gasteiger partial charge in [0, 0.05) is 12.3 Å². The highest BCUT2D eigenvalue weighted by molar-refractivity contribution is 5.93. The number of carbonyl (C=O) groups excluding carboxylic acids is 1. The molecule has 3 heteroatoms. The molecule has 90 valence electrons. The number of hydrogen-bond acceptors (Lipinski definition) is 3. The van der Waals surface area contributed by atoms with Crippen molar-refractivity contribution in [1.29, 1.82) is 0 Å². The number of hydrogen-bond donors (Lipinski definition) is 0. The molecule has 2 aliphatic rings. The summed E-state index contributed by atoms with van der Waals surface area (Å²) >= 11 is 0. The van der Waals surface area contributed by atoms with Crippen LogP contribution in [0.5, 0.6) is 0 Å². The molecule has 1 aliphatic carbocycles. The van der Waals surface area contributed by atoms with Crippen molar-refractivity contribution in [1.82, 2.24) is 0 Å². The topological polar surface area (TPSA) is 35.5 Å². The van der Waals surface area contributed by atoms with Gasteiger partial charge in [-0.3, -0.25) is 4.79 Å². The van der Waals surface area contributed by atoms with E-state index in [9.17, 15) is 4.79 Å². The molecule has 0 aromatic rings. The van der Waals surface area contributed by atoms with Crippen LogP contribution in [0, 0.1) is 5.92 Å². The number of ketones is 1. The quantitative estimate of drug-likeness (QED) is 0.686. The maximum Gasteiger partial charge on any atom is 0.162 e. The predicted octanol–water partition coefficient (Wildman–Crippen LogP) is 2.45. The van der Waals surface area contributed by atoms with Gasteiger partial charge in [0.2, 0.25) is 0 Å². The normalized spacial score (nSPS) is 43.5. The fourth-order valence-corrected chi connectivity index (χ4v) is 2.51. The van der Waals surface area contributed by atoms with E-state index in [2.05, 4.69) is 13.8 Å². The monoisotopic (exact) mass is 224 g/mol. The fourth-order valence-electron chi connectivity index (χ4n) is 2.51. The first-order chi connectivity index (χ1) is 7.28. The summed E-state index contributed by atoms with van der Waals surface area (Å²) < 4.78 is 12.0. The van der Waals surface area contributed by atoms with E-state index in [1.54, 1.807) is 6.08 Å². The Bertz CT molecular complexity index is 358. The molecule has 0 bridgehead atoms. The predicted molar refractivity (Wildman–Crippen MR) is 61.0 cm³/mol. The molecule has 16 heavy (non-hydrogen) atoms. The average molecular weight is 224 g/mol. The molecule has 0 saturated carbocycles. The molecule has 0 aromatic heterocycles. The number of allylic oxidation sites excluding steroid dienone is 1. The Kier molecular flexibility index (Phi) is 2.52. The molecule has 0 unspecified atom stereocenters. The summed E-state index contributed by atoms with van der Waals surface area (Å²) in [5, 5.41) is 0. The van der Waals surface area contributed by atoms with Crippen molar-refractivity contribution < 1.29 is 14.3 Å². The van der Waals surface area contributed by atoms with E-state index in [4.69, 9.17) is 9.47 Å². The Morgan fingerprint density at radius 1 is 1.38 bits per heavy atom. The second kappa shape index (κ2) is 3.41. The van der Waals surface area contributed by atoms with Crippen molar-refractivity contribution in [2.24, 2.45) is 5.92 Å². The second-order valence-corrected chi connectivity index (χ2v) is 5.58. The number of carbonyl (C=O) groups is 1. The summed E-state index contributed by atoms with van der Waals surface area (Å²) in [6.45, 7) is 10.1. The first kappa shape index (κ1) is 11.8. The standard InChI is InChI=1S/C13H20O3/c1-8(2)11-15-12(4)7-10(14)6-9(3)13(12,5)16-11/h6,8,11H,7H2,1-5H3/t11-,12+,13-/m1/s1. The van der Waals surface area contributed by atoms with Gasteiger partial charge in [-0.2, -0.15) is 0 Å². The molecule has 0 N–H and O–H groups in total. The van der Waals surface area contributed by atoms with E-state index in [-0.39, 0.29) is 12.1 Å². The zero-order chi connectivity index (χ0) is 12.1. The molecule has 0 amide bonds. The summed E-state index contributed by atoms with van der Waals surface area (Å²) in [6.07, 6.45) is 1.88. The third kappa shape index (κ3) is 1.45. The van der Waals surface area contributed by atoms with Gasteiger partial charge in [0.15, 0.2) is 12.1 Å².